The summed E-state index contributed by atoms with van der Waals surface area (Å²) in [7, 11) is -4.65. The number of ether oxygens (including phenoxy) is 1. The molecule has 0 bridgehead atoms. The van der Waals surface area contributed by atoms with Crippen molar-refractivity contribution < 1.29 is 37.2 Å². The maximum atomic E-state index is 13.9. The molecule has 1 aromatic heterocycles. The van der Waals surface area contributed by atoms with Crippen molar-refractivity contribution >= 4 is 33.7 Å². The summed E-state index contributed by atoms with van der Waals surface area (Å²) in [6, 6.07) is 12.3. The first-order chi connectivity index (χ1) is 20.1. The summed E-state index contributed by atoms with van der Waals surface area (Å²) in [6.45, 7) is 2.17. The van der Waals surface area contributed by atoms with E-state index in [0.29, 0.717) is 18.6 Å². The molecule has 1 fully saturated rings. The van der Waals surface area contributed by atoms with Crippen LogP contribution in [0.1, 0.15) is 61.8 Å². The van der Waals surface area contributed by atoms with Crippen LogP contribution in [0.3, 0.4) is 0 Å². The predicted molar refractivity (Wildman–Crippen MR) is 153 cm³/mol. The molecule has 0 spiro atoms. The third-order valence-corrected chi connectivity index (χ3v) is 8.02. The first-order valence-electron chi connectivity index (χ1n) is 13.7. The molecular formula is C29H34N4O8S. The molecule has 1 aliphatic rings. The van der Waals surface area contributed by atoms with Gasteiger partial charge in [-0.25, -0.2) is 9.78 Å². The zero-order valence-electron chi connectivity index (χ0n) is 23.1. The van der Waals surface area contributed by atoms with Gasteiger partial charge < -0.3 is 24.6 Å². The summed E-state index contributed by atoms with van der Waals surface area (Å²) in [6.07, 6.45) is 6.44. The van der Waals surface area contributed by atoms with E-state index in [1.165, 1.54) is 40.2 Å². The Morgan fingerprint density at radius 1 is 1.07 bits per heavy atom. The van der Waals surface area contributed by atoms with E-state index in [9.17, 15) is 32.5 Å². The quantitative estimate of drug-likeness (QED) is 0.194. The van der Waals surface area contributed by atoms with Crippen molar-refractivity contribution in [2.75, 3.05) is 11.9 Å². The highest BCUT2D eigenvalue weighted by atomic mass is 32.2. The predicted octanol–water partition coefficient (Wildman–Crippen LogP) is 4.03. The Bertz CT molecular complexity index is 1510. The highest BCUT2D eigenvalue weighted by Gasteiger charge is 2.43. The van der Waals surface area contributed by atoms with Crippen LogP contribution < -0.4 is 10.1 Å². The molecule has 224 valence electrons. The SMILES string of the molecule is CCCCCC[C@H](C(=O)N1C[C@@H](Oc2ccccc2)C[C@H]1C(=O)O)n1cnc(NC(=O)c2ccccc2S(=O)(=O)O)c1. The Labute approximate surface area is 244 Å². The Morgan fingerprint density at radius 3 is 2.48 bits per heavy atom. The van der Waals surface area contributed by atoms with Gasteiger partial charge in [-0.3, -0.25) is 14.1 Å². The standard InChI is InChI=1S/C29H34N4O8S/c1-2-3-4-8-14-23(28(35)33-17-21(16-24(33)29(36)37)41-20-11-6-5-7-12-20)32-18-26(30-19-32)31-27(34)22-13-9-10-15-25(22)42(38,39)40/h5-7,9-13,15,18-19,21,23-24H,2-4,8,14,16-17H2,1H3,(H,31,34)(H,36,37)(H,38,39,40)/t21-,23+,24-/m0/s1. The number of para-hydroxylation sites is 1. The first kappa shape index (κ1) is 30.7. The van der Waals surface area contributed by atoms with Gasteiger partial charge >= 0.3 is 5.97 Å². The number of aliphatic carboxylic acids is 1. The van der Waals surface area contributed by atoms with Gasteiger partial charge in [-0.15, -0.1) is 0 Å². The van der Waals surface area contributed by atoms with Gasteiger partial charge in [-0.1, -0.05) is 62.9 Å². The van der Waals surface area contributed by atoms with Crippen LogP contribution in [0.2, 0.25) is 0 Å². The minimum Gasteiger partial charge on any atom is -0.488 e. The van der Waals surface area contributed by atoms with Crippen molar-refractivity contribution in [2.24, 2.45) is 0 Å². The summed E-state index contributed by atoms with van der Waals surface area (Å²) < 4.78 is 40.4. The molecule has 4 rings (SSSR count). The van der Waals surface area contributed by atoms with Crippen LogP contribution in [-0.2, 0) is 19.7 Å². The first-order valence-corrected chi connectivity index (χ1v) is 15.2. The summed E-state index contributed by atoms with van der Waals surface area (Å²) in [4.78, 5) is 43.9. The molecule has 0 radical (unpaired) electrons. The van der Waals surface area contributed by atoms with Crippen LogP contribution in [0.25, 0.3) is 0 Å². The Kier molecular flexibility index (Phi) is 9.96. The minimum atomic E-state index is -4.65. The average molecular weight is 599 g/mol. The van der Waals surface area contributed by atoms with Crippen molar-refractivity contribution in [1.29, 1.82) is 0 Å². The molecule has 12 nitrogen and oxygen atoms in total. The number of benzene rings is 2. The molecule has 42 heavy (non-hydrogen) atoms. The van der Waals surface area contributed by atoms with Crippen LogP contribution >= 0.6 is 0 Å². The fraction of sp³-hybridized carbons (Fsp3) is 0.379. The topological polar surface area (TPSA) is 168 Å². The summed E-state index contributed by atoms with van der Waals surface area (Å²) in [5, 5.41) is 12.4. The number of amides is 2. The molecule has 3 atom stereocenters. The van der Waals surface area contributed by atoms with Crippen molar-refractivity contribution in [3.63, 3.8) is 0 Å². The van der Waals surface area contributed by atoms with Crippen molar-refractivity contribution in [3.05, 3.63) is 72.7 Å². The van der Waals surface area contributed by atoms with E-state index in [-0.39, 0.29) is 24.3 Å². The summed E-state index contributed by atoms with van der Waals surface area (Å²) in [5.74, 6) is -1.69. The van der Waals surface area contributed by atoms with Gasteiger partial charge in [-0.2, -0.15) is 8.42 Å². The average Bonchev–Trinajstić information content (AvgIpc) is 3.60. The molecule has 0 saturated carbocycles. The molecule has 1 saturated heterocycles. The molecule has 2 heterocycles. The van der Waals surface area contributed by atoms with Gasteiger partial charge in [0.15, 0.2) is 5.82 Å². The molecule has 2 aromatic carbocycles. The number of carbonyl (C=O) groups is 3. The number of carboxylic acid groups (broad SMARTS) is 1. The number of aromatic nitrogens is 2. The molecular weight excluding hydrogens is 564 g/mol. The lowest BCUT2D eigenvalue weighted by Crippen LogP contribution is -2.44. The fourth-order valence-corrected chi connectivity index (χ4v) is 5.73. The van der Waals surface area contributed by atoms with E-state index in [1.54, 1.807) is 12.1 Å². The van der Waals surface area contributed by atoms with E-state index >= 15 is 0 Å². The van der Waals surface area contributed by atoms with Crippen LogP contribution in [-0.4, -0.2) is 69.0 Å². The monoisotopic (exact) mass is 598 g/mol. The minimum absolute atomic E-state index is 0.0537. The van der Waals surface area contributed by atoms with Gasteiger partial charge in [0.05, 0.1) is 18.4 Å². The Balaban J connectivity index is 1.55. The highest BCUT2D eigenvalue weighted by molar-refractivity contribution is 7.86. The molecule has 3 aromatic rings. The van der Waals surface area contributed by atoms with Crippen molar-refractivity contribution in [3.8, 4) is 5.75 Å². The molecule has 3 N–H and O–H groups in total. The Hall–Kier alpha value is -4.23. The summed E-state index contributed by atoms with van der Waals surface area (Å²) in [5.41, 5.74) is -0.271. The number of nitrogens with one attached hydrogen (secondary N) is 1. The lowest BCUT2D eigenvalue weighted by atomic mass is 10.1. The van der Waals surface area contributed by atoms with Crippen LogP contribution in [0.4, 0.5) is 5.82 Å². The van der Waals surface area contributed by atoms with Crippen molar-refractivity contribution in [1.82, 2.24) is 14.5 Å². The third-order valence-electron chi connectivity index (χ3n) is 7.11. The zero-order chi connectivity index (χ0) is 30.3. The number of nitrogens with zero attached hydrogens (tertiary/aromatic N) is 3. The number of rotatable bonds is 13. The molecule has 0 unspecified atom stereocenters. The number of hydrogen-bond acceptors (Lipinski definition) is 7. The second-order valence-electron chi connectivity index (χ2n) is 10.1. The van der Waals surface area contributed by atoms with Gasteiger partial charge in [0.2, 0.25) is 5.91 Å². The number of carboxylic acids is 1. The number of anilines is 1. The van der Waals surface area contributed by atoms with E-state index in [2.05, 4.69) is 17.2 Å². The molecule has 2 amide bonds. The van der Waals surface area contributed by atoms with E-state index in [1.807, 2.05) is 18.2 Å². The smallest absolute Gasteiger partial charge is 0.326 e. The zero-order valence-corrected chi connectivity index (χ0v) is 23.9. The lowest BCUT2D eigenvalue weighted by Gasteiger charge is -2.27. The molecule has 0 aliphatic carbocycles. The maximum Gasteiger partial charge on any atom is 0.326 e. The molecule has 1 aliphatic heterocycles. The highest BCUT2D eigenvalue weighted by Crippen LogP contribution is 2.29. The van der Waals surface area contributed by atoms with Gasteiger partial charge in [0, 0.05) is 12.6 Å². The van der Waals surface area contributed by atoms with Gasteiger partial charge in [0.25, 0.3) is 16.0 Å². The van der Waals surface area contributed by atoms with E-state index < -0.39 is 51.0 Å². The largest absolute Gasteiger partial charge is 0.488 e. The number of unbranched alkanes of at least 4 members (excludes halogenated alkanes) is 3. The number of likely N-dealkylation sites (tertiary alicyclic amines) is 1. The summed E-state index contributed by atoms with van der Waals surface area (Å²) >= 11 is 0. The van der Waals surface area contributed by atoms with E-state index in [0.717, 1.165) is 25.3 Å². The van der Waals surface area contributed by atoms with E-state index in [4.69, 9.17) is 4.74 Å². The second kappa shape index (κ2) is 13.6. The number of carbonyl (C=O) groups excluding carboxylic acids is 2. The normalized spacial score (nSPS) is 17.5. The van der Waals surface area contributed by atoms with Crippen LogP contribution in [0, 0.1) is 0 Å². The van der Waals surface area contributed by atoms with Gasteiger partial charge in [-0.05, 0) is 30.7 Å². The van der Waals surface area contributed by atoms with Crippen molar-refractivity contribution in [2.45, 2.75) is 68.5 Å². The van der Waals surface area contributed by atoms with Gasteiger partial charge in [0.1, 0.15) is 28.8 Å². The lowest BCUT2D eigenvalue weighted by molar-refractivity contribution is -0.149. The molecule has 13 heteroatoms. The van der Waals surface area contributed by atoms with Crippen LogP contribution in [0.5, 0.6) is 5.75 Å². The Morgan fingerprint density at radius 2 is 1.79 bits per heavy atom. The second-order valence-corrected chi connectivity index (χ2v) is 11.5. The third kappa shape index (κ3) is 7.53. The number of hydrogen-bond donors (Lipinski definition) is 3. The number of imidazole rings is 1. The van der Waals surface area contributed by atoms with Crippen LogP contribution in [0.15, 0.2) is 72.0 Å². The fourth-order valence-electron chi connectivity index (χ4n) is 5.04. The maximum absolute atomic E-state index is 13.9.